The molecule has 2 fully saturated rings. The summed E-state index contributed by atoms with van der Waals surface area (Å²) in [6.07, 6.45) is 5.48. The van der Waals surface area contributed by atoms with Gasteiger partial charge in [0.2, 0.25) is 29.5 Å². The first-order valence-corrected chi connectivity index (χ1v) is 15.8. The Morgan fingerprint density at radius 2 is 1.59 bits per heavy atom. The fourth-order valence-corrected chi connectivity index (χ4v) is 5.38. The van der Waals surface area contributed by atoms with Crippen LogP contribution in [0.15, 0.2) is 0 Å². The molecule has 14 heteroatoms. The van der Waals surface area contributed by atoms with Crippen molar-refractivity contribution in [3.05, 3.63) is 0 Å². The molecule has 232 valence electrons. The van der Waals surface area contributed by atoms with E-state index in [4.69, 9.17) is 0 Å². The highest BCUT2D eigenvalue weighted by molar-refractivity contribution is 7.98. The number of carbonyl (C=O) groups is 6. The van der Waals surface area contributed by atoms with Gasteiger partial charge in [-0.15, -0.1) is 0 Å². The zero-order valence-corrected chi connectivity index (χ0v) is 25.5. The molecule has 0 aromatic heterocycles. The van der Waals surface area contributed by atoms with Crippen LogP contribution >= 0.6 is 11.8 Å². The van der Waals surface area contributed by atoms with Crippen LogP contribution in [0.25, 0.3) is 0 Å². The van der Waals surface area contributed by atoms with Crippen LogP contribution in [0.5, 0.6) is 0 Å². The summed E-state index contributed by atoms with van der Waals surface area (Å²) < 4.78 is 0. The van der Waals surface area contributed by atoms with Gasteiger partial charge in [0.15, 0.2) is 0 Å². The minimum atomic E-state index is -1.15. The van der Waals surface area contributed by atoms with Crippen molar-refractivity contribution in [1.82, 2.24) is 31.5 Å². The molecule has 41 heavy (non-hydrogen) atoms. The molecule has 7 atom stereocenters. The Hall–Kier alpha value is -2.87. The number of likely N-dealkylation sites (tertiary alicyclic amines) is 1. The van der Waals surface area contributed by atoms with Gasteiger partial charge in [-0.3, -0.25) is 24.0 Å². The van der Waals surface area contributed by atoms with E-state index >= 15 is 0 Å². The lowest BCUT2D eigenvalue weighted by Gasteiger charge is -2.28. The number of nitrogens with one attached hydrogen (secondary N) is 5. The molecule has 2 heterocycles. The molecule has 0 saturated carbocycles. The van der Waals surface area contributed by atoms with E-state index in [2.05, 4.69) is 26.6 Å². The Kier molecular flexibility index (Phi) is 13.9. The topological polar surface area (TPSA) is 186 Å². The largest absolute Gasteiger partial charge is 0.480 e. The number of carboxylic acid groups (broad SMARTS) is 1. The van der Waals surface area contributed by atoms with Gasteiger partial charge in [-0.1, -0.05) is 20.3 Å². The zero-order valence-electron chi connectivity index (χ0n) is 24.7. The van der Waals surface area contributed by atoms with Crippen molar-refractivity contribution in [2.24, 2.45) is 5.92 Å². The Bertz CT molecular complexity index is 960. The average molecular weight is 599 g/mol. The number of thioether (sulfide) groups is 1. The molecule has 5 amide bonds. The molecular weight excluding hydrogens is 552 g/mol. The van der Waals surface area contributed by atoms with Crippen LogP contribution < -0.4 is 26.6 Å². The molecule has 2 rings (SSSR count). The first kappa shape index (κ1) is 34.3. The van der Waals surface area contributed by atoms with Crippen LogP contribution in [0, 0.1) is 5.92 Å². The van der Waals surface area contributed by atoms with Gasteiger partial charge < -0.3 is 36.6 Å². The minimum absolute atomic E-state index is 0.0959. The minimum Gasteiger partial charge on any atom is -0.480 e. The summed E-state index contributed by atoms with van der Waals surface area (Å²) in [5.41, 5.74) is 0. The number of aliphatic carboxylic acids is 1. The van der Waals surface area contributed by atoms with Crippen molar-refractivity contribution in [3.63, 3.8) is 0 Å². The molecule has 0 aromatic carbocycles. The molecule has 0 bridgehead atoms. The summed E-state index contributed by atoms with van der Waals surface area (Å²) in [5, 5.41) is 23.0. The Balaban J connectivity index is 1.94. The predicted octanol–water partition coefficient (Wildman–Crippen LogP) is -0.408. The maximum absolute atomic E-state index is 13.0. The van der Waals surface area contributed by atoms with Gasteiger partial charge in [-0.05, 0) is 70.4 Å². The first-order valence-electron chi connectivity index (χ1n) is 14.4. The van der Waals surface area contributed by atoms with Gasteiger partial charge in [-0.25, -0.2) is 4.79 Å². The Morgan fingerprint density at radius 1 is 0.927 bits per heavy atom. The molecule has 13 nitrogen and oxygen atoms in total. The summed E-state index contributed by atoms with van der Waals surface area (Å²) in [6.45, 7) is 7.82. The van der Waals surface area contributed by atoms with E-state index in [9.17, 15) is 33.9 Å². The van der Waals surface area contributed by atoms with Crippen LogP contribution in [-0.2, 0) is 28.8 Å². The Labute approximate surface area is 246 Å². The SMILES string of the molecule is CC[C@H](C)[C@H](NC(=O)[C@H](C)NC(=O)[C@H](C)NC(=O)[C@@H]1CCCN1C(=O)[C@@H]1CCCN1)C(=O)N[C@@H](CCSC)C(=O)O. The van der Waals surface area contributed by atoms with Gasteiger partial charge in [0.1, 0.15) is 30.2 Å². The van der Waals surface area contributed by atoms with E-state index in [1.54, 1.807) is 11.8 Å². The normalized spacial score (nSPS) is 22.1. The lowest BCUT2D eigenvalue weighted by Crippen LogP contribution is -2.59. The van der Waals surface area contributed by atoms with Gasteiger partial charge in [0.25, 0.3) is 0 Å². The second-order valence-electron chi connectivity index (χ2n) is 10.9. The highest BCUT2D eigenvalue weighted by atomic mass is 32.2. The van der Waals surface area contributed by atoms with E-state index in [1.165, 1.54) is 25.6 Å². The van der Waals surface area contributed by atoms with E-state index in [0.29, 0.717) is 31.6 Å². The summed E-state index contributed by atoms with van der Waals surface area (Å²) in [6, 6.07) is -5.02. The van der Waals surface area contributed by atoms with Gasteiger partial charge >= 0.3 is 5.97 Å². The van der Waals surface area contributed by atoms with E-state index in [1.807, 2.05) is 13.2 Å². The van der Waals surface area contributed by atoms with Crippen molar-refractivity contribution >= 4 is 47.3 Å². The van der Waals surface area contributed by atoms with Crippen molar-refractivity contribution in [1.29, 1.82) is 0 Å². The molecule has 2 aliphatic heterocycles. The zero-order chi connectivity index (χ0) is 30.7. The number of hydrogen-bond acceptors (Lipinski definition) is 8. The molecule has 2 saturated heterocycles. The first-order chi connectivity index (χ1) is 19.4. The van der Waals surface area contributed by atoms with E-state index < -0.39 is 59.8 Å². The monoisotopic (exact) mass is 598 g/mol. The molecule has 0 spiro atoms. The average Bonchev–Trinajstić information content (AvgIpc) is 3.65. The number of amides is 5. The molecule has 0 unspecified atom stereocenters. The molecular formula is C27H46N6O7S. The smallest absolute Gasteiger partial charge is 0.326 e. The lowest BCUT2D eigenvalue weighted by molar-refractivity contribution is -0.142. The van der Waals surface area contributed by atoms with Crippen molar-refractivity contribution in [2.45, 2.75) is 102 Å². The molecule has 0 aromatic rings. The third kappa shape index (κ3) is 9.87. The number of carbonyl (C=O) groups excluding carboxylic acids is 5. The van der Waals surface area contributed by atoms with Crippen LogP contribution in [0.3, 0.4) is 0 Å². The summed E-state index contributed by atoms with van der Waals surface area (Å²) in [5.74, 6) is -3.25. The Morgan fingerprint density at radius 3 is 2.17 bits per heavy atom. The second kappa shape index (κ2) is 16.5. The second-order valence-corrected chi connectivity index (χ2v) is 11.8. The van der Waals surface area contributed by atoms with Gasteiger partial charge in [0, 0.05) is 6.54 Å². The predicted molar refractivity (Wildman–Crippen MR) is 155 cm³/mol. The maximum atomic E-state index is 13.0. The lowest BCUT2D eigenvalue weighted by atomic mass is 9.97. The summed E-state index contributed by atoms with van der Waals surface area (Å²) >= 11 is 1.46. The molecule has 0 aliphatic carbocycles. The van der Waals surface area contributed by atoms with Crippen molar-refractivity contribution in [2.75, 3.05) is 25.1 Å². The number of rotatable bonds is 15. The van der Waals surface area contributed by atoms with Crippen LogP contribution in [0.2, 0.25) is 0 Å². The fourth-order valence-electron chi connectivity index (χ4n) is 4.91. The van der Waals surface area contributed by atoms with Crippen LogP contribution in [0.1, 0.15) is 66.2 Å². The molecule has 6 N–H and O–H groups in total. The molecule has 2 aliphatic rings. The third-order valence-electron chi connectivity index (χ3n) is 7.72. The van der Waals surface area contributed by atoms with Crippen molar-refractivity contribution in [3.8, 4) is 0 Å². The highest BCUT2D eigenvalue weighted by Crippen LogP contribution is 2.21. The van der Waals surface area contributed by atoms with Crippen molar-refractivity contribution < 1.29 is 33.9 Å². The number of nitrogens with zero attached hydrogens (tertiary/aromatic N) is 1. The van der Waals surface area contributed by atoms with Crippen LogP contribution in [0.4, 0.5) is 0 Å². The maximum Gasteiger partial charge on any atom is 0.326 e. The summed E-state index contributed by atoms with van der Waals surface area (Å²) in [7, 11) is 0. The summed E-state index contributed by atoms with van der Waals surface area (Å²) in [4.78, 5) is 77.7. The van der Waals surface area contributed by atoms with Gasteiger partial charge in [-0.2, -0.15) is 11.8 Å². The standard InChI is InChI=1S/C27H46N6O7S/c1-6-15(2)21(25(37)31-19(27(39)40)11-14-41-5)32-23(35)17(4)29-22(34)16(3)30-24(36)20-10-8-13-33(20)26(38)18-9-7-12-28-18/h15-21,28H,6-14H2,1-5H3,(H,29,34)(H,30,36)(H,31,37)(H,32,35)(H,39,40)/t15-,16-,17-,18-,19-,20-,21-/m0/s1. The van der Waals surface area contributed by atoms with E-state index in [-0.39, 0.29) is 24.3 Å². The fraction of sp³-hybridized carbons (Fsp3) is 0.778. The molecule has 0 radical (unpaired) electrons. The van der Waals surface area contributed by atoms with E-state index in [0.717, 1.165) is 19.4 Å². The van der Waals surface area contributed by atoms with Crippen LogP contribution in [-0.4, -0.2) is 107 Å². The van der Waals surface area contributed by atoms with Gasteiger partial charge in [0.05, 0.1) is 6.04 Å². The quantitative estimate of drug-likeness (QED) is 0.146. The third-order valence-corrected chi connectivity index (χ3v) is 8.36. The number of hydrogen-bond donors (Lipinski definition) is 6. The highest BCUT2D eigenvalue weighted by Gasteiger charge is 2.39. The number of carboxylic acids is 1.